The van der Waals surface area contributed by atoms with E-state index in [1.54, 1.807) is 17.8 Å². The monoisotopic (exact) mass is 239 g/mol. The summed E-state index contributed by atoms with van der Waals surface area (Å²) < 4.78 is 12.1. The van der Waals surface area contributed by atoms with Crippen molar-refractivity contribution in [2.75, 3.05) is 18.9 Å². The first kappa shape index (κ1) is 11.9. The van der Waals surface area contributed by atoms with Crippen molar-refractivity contribution in [3.8, 4) is 0 Å². The largest absolute Gasteiger partial charge is 0.461 e. The van der Waals surface area contributed by atoms with Gasteiger partial charge in [0.15, 0.2) is 5.69 Å². The smallest absolute Gasteiger partial charge is 0.361 e. The topological polar surface area (TPSA) is 79.4 Å². The molecule has 94 valence electrons. The Morgan fingerprint density at radius 3 is 3.18 bits per heavy atom. The van der Waals surface area contributed by atoms with E-state index in [0.29, 0.717) is 12.3 Å². The highest BCUT2D eigenvalue weighted by molar-refractivity contribution is 5.92. The fourth-order valence-corrected chi connectivity index (χ4v) is 1.84. The number of esters is 1. The third-order valence-corrected chi connectivity index (χ3v) is 2.68. The Labute approximate surface area is 99.7 Å². The number of hydrogen-bond acceptors (Lipinski definition) is 5. The summed E-state index contributed by atoms with van der Waals surface area (Å²) in [6.07, 6.45) is 4.57. The molecule has 0 bridgehead atoms. The summed E-state index contributed by atoms with van der Waals surface area (Å²) in [7, 11) is 0. The van der Waals surface area contributed by atoms with Crippen LogP contribution in [0.5, 0.6) is 0 Å². The molecule has 17 heavy (non-hydrogen) atoms. The molecule has 0 amide bonds. The van der Waals surface area contributed by atoms with Gasteiger partial charge in [0.1, 0.15) is 6.23 Å². The Morgan fingerprint density at radius 2 is 2.53 bits per heavy atom. The normalized spacial score (nSPS) is 20.2. The first-order chi connectivity index (χ1) is 8.22. The highest BCUT2D eigenvalue weighted by Crippen LogP contribution is 2.23. The van der Waals surface area contributed by atoms with Gasteiger partial charge >= 0.3 is 5.97 Å². The minimum absolute atomic E-state index is 0.116. The van der Waals surface area contributed by atoms with Crippen LogP contribution in [0, 0.1) is 0 Å². The zero-order valence-electron chi connectivity index (χ0n) is 9.89. The molecular weight excluding hydrogens is 222 g/mol. The van der Waals surface area contributed by atoms with Crippen LogP contribution in [-0.2, 0) is 9.47 Å². The highest BCUT2D eigenvalue weighted by Gasteiger charge is 2.21. The summed E-state index contributed by atoms with van der Waals surface area (Å²) in [5, 5.41) is 4.14. The van der Waals surface area contributed by atoms with E-state index in [1.165, 1.54) is 0 Å². The maximum absolute atomic E-state index is 11.5. The number of nitrogens with zero attached hydrogens (tertiary/aromatic N) is 2. The van der Waals surface area contributed by atoms with Crippen LogP contribution >= 0.6 is 0 Å². The summed E-state index contributed by atoms with van der Waals surface area (Å²) in [4.78, 5) is 11.5. The lowest BCUT2D eigenvalue weighted by Gasteiger charge is -2.22. The zero-order valence-corrected chi connectivity index (χ0v) is 9.89. The second kappa shape index (κ2) is 5.18. The van der Waals surface area contributed by atoms with E-state index in [0.717, 1.165) is 25.9 Å². The number of anilines is 1. The van der Waals surface area contributed by atoms with Crippen LogP contribution < -0.4 is 5.73 Å². The molecule has 2 heterocycles. The summed E-state index contributed by atoms with van der Waals surface area (Å²) in [5.74, 6) is -0.487. The second-order valence-corrected chi connectivity index (χ2v) is 3.95. The van der Waals surface area contributed by atoms with Gasteiger partial charge in [-0.1, -0.05) is 0 Å². The van der Waals surface area contributed by atoms with Gasteiger partial charge in [0.2, 0.25) is 0 Å². The van der Waals surface area contributed by atoms with E-state index in [2.05, 4.69) is 5.10 Å². The van der Waals surface area contributed by atoms with Crippen LogP contribution in [0.2, 0.25) is 0 Å². The molecule has 2 rings (SSSR count). The summed E-state index contributed by atoms with van der Waals surface area (Å²) in [6, 6.07) is 0. The Kier molecular flexibility index (Phi) is 3.63. The molecule has 1 fully saturated rings. The van der Waals surface area contributed by atoms with Gasteiger partial charge in [0.05, 0.1) is 18.5 Å². The number of nitrogens with two attached hydrogens (primary N) is 1. The van der Waals surface area contributed by atoms with Crippen molar-refractivity contribution >= 4 is 11.7 Å². The maximum Gasteiger partial charge on any atom is 0.361 e. The van der Waals surface area contributed by atoms with E-state index in [1.807, 2.05) is 0 Å². The van der Waals surface area contributed by atoms with Gasteiger partial charge < -0.3 is 15.2 Å². The van der Waals surface area contributed by atoms with Crippen molar-refractivity contribution in [1.29, 1.82) is 0 Å². The number of aromatic nitrogens is 2. The summed E-state index contributed by atoms with van der Waals surface area (Å²) in [5.41, 5.74) is 6.24. The van der Waals surface area contributed by atoms with Crippen LogP contribution in [0.4, 0.5) is 5.69 Å². The molecular formula is C11H17N3O3. The van der Waals surface area contributed by atoms with Crippen LogP contribution in [0.3, 0.4) is 0 Å². The molecule has 1 aliphatic rings. The van der Waals surface area contributed by atoms with Crippen molar-refractivity contribution < 1.29 is 14.3 Å². The van der Waals surface area contributed by atoms with E-state index in [9.17, 15) is 4.79 Å². The van der Waals surface area contributed by atoms with Crippen molar-refractivity contribution in [2.24, 2.45) is 0 Å². The molecule has 1 aromatic rings. The van der Waals surface area contributed by atoms with Crippen molar-refractivity contribution in [3.05, 3.63) is 11.9 Å². The average molecular weight is 239 g/mol. The third kappa shape index (κ3) is 2.58. The zero-order chi connectivity index (χ0) is 12.3. The fourth-order valence-electron chi connectivity index (χ4n) is 1.84. The summed E-state index contributed by atoms with van der Waals surface area (Å²) >= 11 is 0. The van der Waals surface area contributed by atoms with Crippen LogP contribution in [0.15, 0.2) is 6.20 Å². The van der Waals surface area contributed by atoms with E-state index in [-0.39, 0.29) is 11.9 Å². The van der Waals surface area contributed by atoms with E-state index >= 15 is 0 Å². The average Bonchev–Trinajstić information content (AvgIpc) is 2.73. The first-order valence-corrected chi connectivity index (χ1v) is 5.85. The van der Waals surface area contributed by atoms with Gasteiger partial charge in [0.25, 0.3) is 0 Å². The molecule has 0 radical (unpaired) electrons. The Balaban J connectivity index is 2.14. The van der Waals surface area contributed by atoms with Gasteiger partial charge in [-0.25, -0.2) is 9.48 Å². The minimum Gasteiger partial charge on any atom is -0.461 e. The predicted molar refractivity (Wildman–Crippen MR) is 61.4 cm³/mol. The fraction of sp³-hybridized carbons (Fsp3) is 0.636. The van der Waals surface area contributed by atoms with Crippen molar-refractivity contribution in [2.45, 2.75) is 32.4 Å². The van der Waals surface area contributed by atoms with Gasteiger partial charge in [-0.2, -0.15) is 5.10 Å². The molecule has 6 heteroatoms. The number of carbonyl (C=O) groups excluding carboxylic acids is 1. The lowest BCUT2D eigenvalue weighted by Crippen LogP contribution is -2.19. The molecule has 2 N–H and O–H groups in total. The Hall–Kier alpha value is -1.56. The molecule has 0 aliphatic carbocycles. The molecule has 1 unspecified atom stereocenters. The molecule has 1 aromatic heterocycles. The molecule has 0 saturated carbocycles. The molecule has 1 saturated heterocycles. The van der Waals surface area contributed by atoms with Crippen LogP contribution in [0.25, 0.3) is 0 Å². The number of hydrogen-bond donors (Lipinski definition) is 1. The SMILES string of the molecule is CCOC(=O)c1nn(C2CCCCO2)cc1N. The quantitative estimate of drug-likeness (QED) is 0.805. The second-order valence-electron chi connectivity index (χ2n) is 3.95. The van der Waals surface area contributed by atoms with Gasteiger partial charge in [-0.15, -0.1) is 0 Å². The number of nitrogen functional groups attached to an aromatic ring is 1. The number of carbonyl (C=O) groups is 1. The van der Waals surface area contributed by atoms with Crippen molar-refractivity contribution in [3.63, 3.8) is 0 Å². The van der Waals surface area contributed by atoms with Gasteiger partial charge in [0, 0.05) is 6.61 Å². The van der Waals surface area contributed by atoms with E-state index in [4.69, 9.17) is 15.2 Å². The third-order valence-electron chi connectivity index (χ3n) is 2.68. The minimum atomic E-state index is -0.487. The number of ether oxygens (including phenoxy) is 2. The molecule has 0 aromatic carbocycles. The molecule has 6 nitrogen and oxygen atoms in total. The summed E-state index contributed by atoms with van der Waals surface area (Å²) in [6.45, 7) is 2.78. The lowest BCUT2D eigenvalue weighted by molar-refractivity contribution is -0.0396. The molecule has 1 atom stereocenters. The lowest BCUT2D eigenvalue weighted by atomic mass is 10.2. The molecule has 0 spiro atoms. The highest BCUT2D eigenvalue weighted by atomic mass is 16.5. The van der Waals surface area contributed by atoms with E-state index < -0.39 is 5.97 Å². The predicted octanol–water partition coefficient (Wildman–Crippen LogP) is 1.34. The molecule has 1 aliphatic heterocycles. The standard InChI is InChI=1S/C11H17N3O3/c1-2-16-11(15)10-8(12)7-14(13-10)9-5-3-4-6-17-9/h7,9H,2-6,12H2,1H3. The van der Waals surface area contributed by atoms with Crippen LogP contribution in [-0.4, -0.2) is 29.0 Å². The van der Waals surface area contributed by atoms with Crippen LogP contribution in [0.1, 0.15) is 42.9 Å². The van der Waals surface area contributed by atoms with Gasteiger partial charge in [-0.05, 0) is 26.2 Å². The van der Waals surface area contributed by atoms with Gasteiger partial charge in [-0.3, -0.25) is 0 Å². The first-order valence-electron chi connectivity index (χ1n) is 5.85. The Bertz CT molecular complexity index is 397. The van der Waals surface area contributed by atoms with Crippen molar-refractivity contribution in [1.82, 2.24) is 9.78 Å². The maximum atomic E-state index is 11.5. The Morgan fingerprint density at radius 1 is 1.71 bits per heavy atom. The number of rotatable bonds is 3.